The summed E-state index contributed by atoms with van der Waals surface area (Å²) in [5.74, 6) is -1.12. The summed E-state index contributed by atoms with van der Waals surface area (Å²) < 4.78 is 40.5. The molecule has 0 saturated carbocycles. The van der Waals surface area contributed by atoms with Crippen molar-refractivity contribution in [2.24, 2.45) is 0 Å². The minimum atomic E-state index is -4.87. The van der Waals surface area contributed by atoms with Gasteiger partial charge >= 0.3 is 6.36 Å². The molecular formula is C12H14F3NO4. The van der Waals surface area contributed by atoms with Crippen molar-refractivity contribution in [3.8, 4) is 5.75 Å². The van der Waals surface area contributed by atoms with E-state index in [1.165, 1.54) is 32.4 Å². The van der Waals surface area contributed by atoms with E-state index in [0.29, 0.717) is 0 Å². The van der Waals surface area contributed by atoms with Gasteiger partial charge in [0.1, 0.15) is 5.75 Å². The number of ether oxygens (including phenoxy) is 1. The quantitative estimate of drug-likeness (QED) is 0.844. The van der Waals surface area contributed by atoms with Gasteiger partial charge in [0, 0.05) is 12.6 Å². The zero-order chi connectivity index (χ0) is 15.3. The number of halogens is 3. The van der Waals surface area contributed by atoms with Gasteiger partial charge in [-0.05, 0) is 6.07 Å². The molecule has 1 amide bonds. The molecule has 1 rings (SSSR count). The Bertz CT molecular complexity index is 464. The Balaban J connectivity index is 2.87. The van der Waals surface area contributed by atoms with Crippen molar-refractivity contribution in [2.75, 3.05) is 14.2 Å². The normalized spacial score (nSPS) is 12.9. The number of aliphatic hydroxyl groups excluding tert-OH is 1. The van der Waals surface area contributed by atoms with Gasteiger partial charge in [0.2, 0.25) is 5.91 Å². The first-order valence-corrected chi connectivity index (χ1v) is 5.58. The summed E-state index contributed by atoms with van der Waals surface area (Å²) in [6, 6.07) is 5.09. The molecular weight excluding hydrogens is 279 g/mol. The van der Waals surface area contributed by atoms with Crippen LogP contribution in [0.3, 0.4) is 0 Å². The Kier molecular flexibility index (Phi) is 5.34. The Hall–Kier alpha value is -1.80. The van der Waals surface area contributed by atoms with Crippen molar-refractivity contribution >= 4 is 5.91 Å². The molecule has 0 saturated heterocycles. The largest absolute Gasteiger partial charge is 0.573 e. The maximum Gasteiger partial charge on any atom is 0.573 e. The number of benzene rings is 1. The smallest absolute Gasteiger partial charge is 0.405 e. The number of hydrogen-bond acceptors (Lipinski definition) is 4. The first kappa shape index (κ1) is 16.3. The van der Waals surface area contributed by atoms with Crippen LogP contribution in [0.1, 0.15) is 18.1 Å². The third kappa shape index (κ3) is 4.71. The topological polar surface area (TPSA) is 59.0 Å². The Morgan fingerprint density at radius 1 is 1.40 bits per heavy atom. The van der Waals surface area contributed by atoms with Gasteiger partial charge < -0.3 is 9.84 Å². The number of amides is 1. The van der Waals surface area contributed by atoms with Crippen molar-refractivity contribution < 1.29 is 32.6 Å². The first-order valence-electron chi connectivity index (χ1n) is 5.58. The standard InChI is InChI=1S/C12H14F3NO4/c1-16(19-2)11(18)7-9(17)8-5-3-4-6-10(8)20-12(13,14)15/h3-6,9,17H,7H2,1-2H3. The molecule has 0 radical (unpaired) electrons. The number of para-hydroxylation sites is 1. The SMILES string of the molecule is CON(C)C(=O)CC(O)c1ccccc1OC(F)(F)F. The average Bonchev–Trinajstić information content (AvgIpc) is 2.36. The van der Waals surface area contributed by atoms with E-state index in [4.69, 9.17) is 0 Å². The highest BCUT2D eigenvalue weighted by Crippen LogP contribution is 2.31. The maximum absolute atomic E-state index is 12.2. The molecule has 1 N–H and O–H groups in total. The fourth-order valence-electron chi connectivity index (χ4n) is 1.48. The molecule has 1 unspecified atom stereocenters. The molecule has 0 aromatic heterocycles. The second-order valence-electron chi connectivity index (χ2n) is 3.88. The van der Waals surface area contributed by atoms with E-state index in [-0.39, 0.29) is 5.56 Å². The van der Waals surface area contributed by atoms with Crippen LogP contribution in [0.4, 0.5) is 13.2 Å². The molecule has 5 nitrogen and oxygen atoms in total. The molecule has 1 aromatic carbocycles. The second-order valence-corrected chi connectivity index (χ2v) is 3.88. The first-order chi connectivity index (χ1) is 9.24. The summed E-state index contributed by atoms with van der Waals surface area (Å²) in [7, 11) is 2.58. The highest BCUT2D eigenvalue weighted by Gasteiger charge is 2.33. The molecule has 1 aromatic rings. The Morgan fingerprint density at radius 2 is 2.00 bits per heavy atom. The molecule has 112 valence electrons. The third-order valence-corrected chi connectivity index (χ3v) is 2.50. The molecule has 0 aliphatic carbocycles. The monoisotopic (exact) mass is 293 g/mol. The van der Waals surface area contributed by atoms with Crippen LogP contribution in [0, 0.1) is 0 Å². The lowest BCUT2D eigenvalue weighted by Crippen LogP contribution is -2.27. The van der Waals surface area contributed by atoms with Crippen molar-refractivity contribution in [3.63, 3.8) is 0 Å². The number of carbonyl (C=O) groups is 1. The van der Waals surface area contributed by atoms with Crippen molar-refractivity contribution in [2.45, 2.75) is 18.9 Å². The molecule has 0 aliphatic rings. The zero-order valence-electron chi connectivity index (χ0n) is 10.8. The van der Waals surface area contributed by atoms with Gasteiger partial charge in [-0.15, -0.1) is 13.2 Å². The van der Waals surface area contributed by atoms with E-state index in [9.17, 15) is 23.1 Å². The number of nitrogens with zero attached hydrogens (tertiary/aromatic N) is 1. The minimum absolute atomic E-state index is 0.123. The minimum Gasteiger partial charge on any atom is -0.405 e. The molecule has 0 spiro atoms. The van der Waals surface area contributed by atoms with E-state index in [1.54, 1.807) is 0 Å². The highest BCUT2D eigenvalue weighted by molar-refractivity contribution is 5.75. The third-order valence-electron chi connectivity index (χ3n) is 2.50. The predicted molar refractivity (Wildman–Crippen MR) is 62.5 cm³/mol. The molecule has 0 aliphatic heterocycles. The van der Waals surface area contributed by atoms with E-state index >= 15 is 0 Å². The van der Waals surface area contributed by atoms with Gasteiger partial charge in [0.05, 0.1) is 19.6 Å². The average molecular weight is 293 g/mol. The molecule has 0 fully saturated rings. The number of aliphatic hydroxyl groups is 1. The van der Waals surface area contributed by atoms with Gasteiger partial charge in [-0.2, -0.15) is 0 Å². The molecule has 20 heavy (non-hydrogen) atoms. The number of rotatable bonds is 5. The van der Waals surface area contributed by atoms with Crippen LogP contribution in [0.2, 0.25) is 0 Å². The lowest BCUT2D eigenvalue weighted by Gasteiger charge is -2.19. The maximum atomic E-state index is 12.2. The van der Waals surface area contributed by atoms with Crippen LogP contribution >= 0.6 is 0 Å². The van der Waals surface area contributed by atoms with Crippen LogP contribution in [0.5, 0.6) is 5.75 Å². The summed E-state index contributed by atoms with van der Waals surface area (Å²) in [4.78, 5) is 16.2. The van der Waals surface area contributed by atoms with E-state index < -0.39 is 30.5 Å². The van der Waals surface area contributed by atoms with Gasteiger partial charge in [-0.1, -0.05) is 18.2 Å². The number of alkyl halides is 3. The van der Waals surface area contributed by atoms with Crippen molar-refractivity contribution in [1.82, 2.24) is 5.06 Å². The van der Waals surface area contributed by atoms with Crippen LogP contribution in [-0.2, 0) is 9.63 Å². The lowest BCUT2D eigenvalue weighted by molar-refractivity contribution is -0.275. The molecule has 0 heterocycles. The lowest BCUT2D eigenvalue weighted by atomic mass is 10.1. The van der Waals surface area contributed by atoms with E-state index in [2.05, 4.69) is 9.57 Å². The fraction of sp³-hybridized carbons (Fsp3) is 0.417. The second kappa shape index (κ2) is 6.58. The highest BCUT2D eigenvalue weighted by atomic mass is 19.4. The predicted octanol–water partition coefficient (Wildman–Crippen LogP) is 2.03. The summed E-state index contributed by atoms with van der Waals surface area (Å²) in [6.07, 6.45) is -6.73. The van der Waals surface area contributed by atoms with Crippen LogP contribution < -0.4 is 4.74 Å². The molecule has 1 atom stereocenters. The van der Waals surface area contributed by atoms with Gasteiger partial charge in [0.15, 0.2) is 0 Å². The molecule has 8 heteroatoms. The Morgan fingerprint density at radius 3 is 2.55 bits per heavy atom. The number of hydroxylamine groups is 2. The van der Waals surface area contributed by atoms with Crippen LogP contribution in [0.25, 0.3) is 0 Å². The van der Waals surface area contributed by atoms with Gasteiger partial charge in [-0.3, -0.25) is 9.63 Å². The van der Waals surface area contributed by atoms with Gasteiger partial charge in [-0.25, -0.2) is 5.06 Å². The molecule has 0 bridgehead atoms. The Labute approximate surface area is 113 Å². The summed E-state index contributed by atoms with van der Waals surface area (Å²) in [6.45, 7) is 0. The summed E-state index contributed by atoms with van der Waals surface area (Å²) in [5, 5.41) is 10.7. The summed E-state index contributed by atoms with van der Waals surface area (Å²) in [5.41, 5.74) is -0.123. The van der Waals surface area contributed by atoms with E-state index in [0.717, 1.165) is 11.1 Å². The number of carbonyl (C=O) groups excluding carboxylic acids is 1. The van der Waals surface area contributed by atoms with Crippen molar-refractivity contribution in [3.05, 3.63) is 29.8 Å². The summed E-state index contributed by atoms with van der Waals surface area (Å²) >= 11 is 0. The fourth-order valence-corrected chi connectivity index (χ4v) is 1.48. The van der Waals surface area contributed by atoms with Crippen molar-refractivity contribution in [1.29, 1.82) is 0 Å². The number of hydrogen-bond donors (Lipinski definition) is 1. The van der Waals surface area contributed by atoms with Crippen LogP contribution in [0.15, 0.2) is 24.3 Å². The van der Waals surface area contributed by atoms with Gasteiger partial charge in [0.25, 0.3) is 0 Å². The van der Waals surface area contributed by atoms with E-state index in [1.807, 2.05) is 0 Å². The van der Waals surface area contributed by atoms with Crippen LogP contribution in [-0.4, -0.2) is 36.6 Å². The zero-order valence-corrected chi connectivity index (χ0v) is 10.8.